The predicted molar refractivity (Wildman–Crippen MR) is 96.8 cm³/mol. The van der Waals surface area contributed by atoms with Crippen molar-refractivity contribution in [3.8, 4) is 5.75 Å². The zero-order valence-corrected chi connectivity index (χ0v) is 14.4. The quantitative estimate of drug-likeness (QED) is 0.730. The Morgan fingerprint density at radius 2 is 1.96 bits per heavy atom. The van der Waals surface area contributed by atoms with Crippen molar-refractivity contribution in [2.24, 2.45) is 5.73 Å². The van der Waals surface area contributed by atoms with Crippen LogP contribution in [0.25, 0.3) is 0 Å². The number of carbonyl (C=O) groups is 1. The highest BCUT2D eigenvalue weighted by atomic mass is 16.5. The summed E-state index contributed by atoms with van der Waals surface area (Å²) in [5.74, 6) is 0.647. The average molecular weight is 326 g/mol. The van der Waals surface area contributed by atoms with E-state index in [1.165, 1.54) is 0 Å². The normalized spacial score (nSPS) is 11.8. The van der Waals surface area contributed by atoms with Crippen LogP contribution in [0, 0.1) is 6.92 Å². The second-order valence-electron chi connectivity index (χ2n) is 5.96. The van der Waals surface area contributed by atoms with Crippen molar-refractivity contribution >= 4 is 5.91 Å². The number of rotatable bonds is 8. The summed E-state index contributed by atoms with van der Waals surface area (Å²) in [7, 11) is 0. The molecule has 0 radical (unpaired) electrons. The van der Waals surface area contributed by atoms with Crippen LogP contribution in [0.4, 0.5) is 0 Å². The third-order valence-corrected chi connectivity index (χ3v) is 3.85. The van der Waals surface area contributed by atoms with Gasteiger partial charge in [-0.1, -0.05) is 55.3 Å². The molecule has 1 atom stereocenters. The van der Waals surface area contributed by atoms with E-state index in [0.29, 0.717) is 13.2 Å². The average Bonchev–Trinajstić information content (AvgIpc) is 2.60. The molecule has 0 fully saturated rings. The van der Waals surface area contributed by atoms with E-state index in [2.05, 4.69) is 12.2 Å². The van der Waals surface area contributed by atoms with Gasteiger partial charge in [-0.2, -0.15) is 0 Å². The van der Waals surface area contributed by atoms with Gasteiger partial charge in [0.05, 0.1) is 6.61 Å². The van der Waals surface area contributed by atoms with Gasteiger partial charge in [0.1, 0.15) is 11.8 Å². The number of unbranched alkanes of at least 4 members (excludes halogenated alkanes) is 1. The summed E-state index contributed by atoms with van der Waals surface area (Å²) in [4.78, 5) is 12.2. The smallest absolute Gasteiger partial charge is 0.241 e. The molecule has 0 aromatic heterocycles. The highest BCUT2D eigenvalue weighted by Gasteiger charge is 2.15. The Morgan fingerprint density at radius 1 is 1.21 bits per heavy atom. The minimum absolute atomic E-state index is 0.184. The zero-order valence-electron chi connectivity index (χ0n) is 14.4. The highest BCUT2D eigenvalue weighted by Crippen LogP contribution is 2.15. The van der Waals surface area contributed by atoms with Crippen LogP contribution in [-0.4, -0.2) is 12.5 Å². The first-order valence-electron chi connectivity index (χ1n) is 8.41. The number of ether oxygens (including phenoxy) is 1. The molecule has 4 nitrogen and oxygen atoms in total. The molecule has 2 rings (SSSR count). The van der Waals surface area contributed by atoms with E-state index in [-0.39, 0.29) is 5.91 Å². The molecule has 1 unspecified atom stereocenters. The van der Waals surface area contributed by atoms with Gasteiger partial charge in [0, 0.05) is 6.54 Å². The molecule has 0 saturated carbocycles. The zero-order chi connectivity index (χ0) is 17.4. The summed E-state index contributed by atoms with van der Waals surface area (Å²) in [6, 6.07) is 14.8. The molecule has 2 aromatic rings. The van der Waals surface area contributed by atoms with Crippen LogP contribution in [0.2, 0.25) is 0 Å². The largest absolute Gasteiger partial charge is 0.494 e. The van der Waals surface area contributed by atoms with Crippen LogP contribution in [0.1, 0.15) is 42.5 Å². The Kier molecular flexibility index (Phi) is 6.82. The molecule has 0 saturated heterocycles. The minimum atomic E-state index is -0.658. The van der Waals surface area contributed by atoms with Crippen LogP contribution >= 0.6 is 0 Å². The van der Waals surface area contributed by atoms with Crippen molar-refractivity contribution in [1.82, 2.24) is 5.32 Å². The number of benzene rings is 2. The molecule has 0 heterocycles. The number of hydrogen-bond donors (Lipinski definition) is 2. The van der Waals surface area contributed by atoms with Gasteiger partial charge < -0.3 is 15.8 Å². The second kappa shape index (κ2) is 9.08. The number of nitrogens with one attached hydrogen (secondary N) is 1. The van der Waals surface area contributed by atoms with Crippen molar-refractivity contribution in [2.45, 2.75) is 39.3 Å². The summed E-state index contributed by atoms with van der Waals surface area (Å²) >= 11 is 0. The van der Waals surface area contributed by atoms with E-state index in [1.807, 2.05) is 55.5 Å². The van der Waals surface area contributed by atoms with Gasteiger partial charge in [-0.15, -0.1) is 0 Å². The molecule has 0 aliphatic carbocycles. The molecule has 0 aliphatic rings. The van der Waals surface area contributed by atoms with Crippen LogP contribution in [0.3, 0.4) is 0 Å². The van der Waals surface area contributed by atoms with E-state index in [4.69, 9.17) is 10.5 Å². The van der Waals surface area contributed by atoms with E-state index < -0.39 is 6.04 Å². The van der Waals surface area contributed by atoms with Crippen molar-refractivity contribution in [3.63, 3.8) is 0 Å². The number of carbonyl (C=O) groups excluding carboxylic acids is 1. The van der Waals surface area contributed by atoms with E-state index >= 15 is 0 Å². The van der Waals surface area contributed by atoms with Gasteiger partial charge in [-0.25, -0.2) is 0 Å². The molecule has 0 spiro atoms. The van der Waals surface area contributed by atoms with Crippen LogP contribution in [0.5, 0.6) is 5.75 Å². The number of aryl methyl sites for hydroxylation is 1. The van der Waals surface area contributed by atoms with Crippen LogP contribution < -0.4 is 15.8 Å². The monoisotopic (exact) mass is 326 g/mol. The van der Waals surface area contributed by atoms with Crippen LogP contribution in [-0.2, 0) is 11.3 Å². The Hall–Kier alpha value is -2.33. The van der Waals surface area contributed by atoms with Gasteiger partial charge in [0.25, 0.3) is 0 Å². The van der Waals surface area contributed by atoms with E-state index in [1.54, 1.807) is 0 Å². The Morgan fingerprint density at radius 3 is 2.67 bits per heavy atom. The van der Waals surface area contributed by atoms with Crippen molar-refractivity contribution < 1.29 is 9.53 Å². The van der Waals surface area contributed by atoms with Crippen LogP contribution in [0.15, 0.2) is 48.5 Å². The number of amides is 1. The standard InChI is InChI=1S/C20H26N2O2/c1-3-4-12-24-18-7-5-6-16(13-18)14-22-20(23)19(21)17-10-8-15(2)9-11-17/h5-11,13,19H,3-4,12,14,21H2,1-2H3,(H,22,23). The highest BCUT2D eigenvalue weighted by molar-refractivity contribution is 5.82. The molecule has 4 heteroatoms. The summed E-state index contributed by atoms with van der Waals surface area (Å²) in [5.41, 5.74) is 8.98. The molecule has 24 heavy (non-hydrogen) atoms. The van der Waals surface area contributed by atoms with Crippen molar-refractivity contribution in [2.75, 3.05) is 6.61 Å². The first-order valence-corrected chi connectivity index (χ1v) is 8.41. The maximum Gasteiger partial charge on any atom is 0.241 e. The maximum atomic E-state index is 12.2. The van der Waals surface area contributed by atoms with Crippen molar-refractivity contribution in [3.05, 3.63) is 65.2 Å². The summed E-state index contributed by atoms with van der Waals surface area (Å²) in [6.45, 7) is 5.28. The first-order chi connectivity index (χ1) is 11.6. The summed E-state index contributed by atoms with van der Waals surface area (Å²) in [5, 5.41) is 2.89. The lowest BCUT2D eigenvalue weighted by Gasteiger charge is -2.13. The van der Waals surface area contributed by atoms with Gasteiger partial charge in [0.2, 0.25) is 5.91 Å². The number of nitrogens with two attached hydrogens (primary N) is 1. The SMILES string of the molecule is CCCCOc1cccc(CNC(=O)C(N)c2ccc(C)cc2)c1. The Bertz CT molecular complexity index is 653. The molecule has 0 bridgehead atoms. The van der Waals surface area contributed by atoms with E-state index in [0.717, 1.165) is 35.3 Å². The summed E-state index contributed by atoms with van der Waals surface area (Å²) < 4.78 is 5.68. The Balaban J connectivity index is 1.89. The third-order valence-electron chi connectivity index (χ3n) is 3.85. The third kappa shape index (κ3) is 5.39. The molecular weight excluding hydrogens is 300 g/mol. The molecule has 0 aliphatic heterocycles. The lowest BCUT2D eigenvalue weighted by atomic mass is 10.1. The lowest BCUT2D eigenvalue weighted by Crippen LogP contribution is -2.33. The fourth-order valence-corrected chi connectivity index (χ4v) is 2.30. The predicted octanol–water partition coefficient (Wildman–Crippen LogP) is 3.49. The maximum absolute atomic E-state index is 12.2. The fourth-order valence-electron chi connectivity index (χ4n) is 2.30. The second-order valence-corrected chi connectivity index (χ2v) is 5.96. The molecule has 128 valence electrons. The van der Waals surface area contributed by atoms with Crippen molar-refractivity contribution in [1.29, 1.82) is 0 Å². The summed E-state index contributed by atoms with van der Waals surface area (Å²) in [6.07, 6.45) is 2.14. The van der Waals surface area contributed by atoms with Gasteiger partial charge in [-0.05, 0) is 36.6 Å². The van der Waals surface area contributed by atoms with Gasteiger partial charge in [-0.3, -0.25) is 4.79 Å². The van der Waals surface area contributed by atoms with E-state index in [9.17, 15) is 4.79 Å². The number of hydrogen-bond acceptors (Lipinski definition) is 3. The molecular formula is C20H26N2O2. The topological polar surface area (TPSA) is 64.3 Å². The first kappa shape index (κ1) is 18.0. The minimum Gasteiger partial charge on any atom is -0.494 e. The fraction of sp³-hybridized carbons (Fsp3) is 0.350. The lowest BCUT2D eigenvalue weighted by molar-refractivity contribution is -0.122. The molecule has 1 amide bonds. The molecule has 3 N–H and O–H groups in total. The molecule has 2 aromatic carbocycles. The van der Waals surface area contributed by atoms with Gasteiger partial charge >= 0.3 is 0 Å². The van der Waals surface area contributed by atoms with Gasteiger partial charge in [0.15, 0.2) is 0 Å². The Labute approximate surface area is 144 Å².